The lowest BCUT2D eigenvalue weighted by Gasteiger charge is -2.15. The monoisotopic (exact) mass is 375 g/mol. The van der Waals surface area contributed by atoms with E-state index in [0.717, 1.165) is 23.7 Å². The zero-order valence-corrected chi connectivity index (χ0v) is 14.2. The van der Waals surface area contributed by atoms with E-state index < -0.39 is 17.8 Å². The van der Waals surface area contributed by atoms with Crippen molar-refractivity contribution in [1.82, 2.24) is 4.98 Å². The number of anilines is 2. The van der Waals surface area contributed by atoms with Gasteiger partial charge in [-0.25, -0.2) is 4.98 Å². The van der Waals surface area contributed by atoms with Gasteiger partial charge in [-0.2, -0.15) is 13.2 Å². The molecule has 0 bridgehead atoms. The van der Waals surface area contributed by atoms with Gasteiger partial charge in [-0.1, -0.05) is 18.2 Å². The van der Waals surface area contributed by atoms with Crippen LogP contribution in [0.5, 0.6) is 0 Å². The van der Waals surface area contributed by atoms with Gasteiger partial charge in [-0.3, -0.25) is 9.59 Å². The van der Waals surface area contributed by atoms with Gasteiger partial charge in [0.25, 0.3) is 0 Å². The summed E-state index contributed by atoms with van der Waals surface area (Å²) in [6, 6.07) is 10.4. The van der Waals surface area contributed by atoms with Gasteiger partial charge in [-0.15, -0.1) is 0 Å². The molecule has 1 aliphatic rings. The zero-order valence-electron chi connectivity index (χ0n) is 14.2. The fourth-order valence-corrected chi connectivity index (χ4v) is 2.69. The average molecular weight is 375 g/mol. The molecule has 0 spiro atoms. The topological polar surface area (TPSA) is 62.3 Å². The van der Waals surface area contributed by atoms with Crippen LogP contribution in [0.2, 0.25) is 0 Å². The quantitative estimate of drug-likeness (QED) is 0.825. The molecule has 1 aromatic heterocycles. The maximum atomic E-state index is 12.6. The van der Waals surface area contributed by atoms with Crippen LogP contribution in [0.1, 0.15) is 24.1 Å². The highest BCUT2D eigenvalue weighted by Crippen LogP contribution is 2.28. The van der Waals surface area contributed by atoms with E-state index in [2.05, 4.69) is 10.3 Å². The first-order valence-corrected chi connectivity index (χ1v) is 8.27. The molecule has 1 fully saturated rings. The Kier molecular flexibility index (Phi) is 5.25. The molecule has 1 aromatic carbocycles. The maximum absolute atomic E-state index is 12.6. The Morgan fingerprint density at radius 3 is 2.52 bits per heavy atom. The number of rotatable bonds is 4. The first-order valence-electron chi connectivity index (χ1n) is 8.27. The van der Waals surface area contributed by atoms with Gasteiger partial charge in [0.1, 0.15) is 11.5 Å². The van der Waals surface area contributed by atoms with Gasteiger partial charge >= 0.3 is 6.18 Å². The van der Waals surface area contributed by atoms with Crippen LogP contribution in [0, 0.1) is 0 Å². The maximum Gasteiger partial charge on any atom is 0.433 e. The fraction of sp³-hybridized carbons (Fsp3) is 0.211. The number of aromatic nitrogens is 1. The number of hydrogen-bond donors (Lipinski definition) is 1. The molecule has 27 heavy (non-hydrogen) atoms. The molecule has 5 nitrogen and oxygen atoms in total. The van der Waals surface area contributed by atoms with Crippen LogP contribution in [0.3, 0.4) is 0 Å². The highest BCUT2D eigenvalue weighted by molar-refractivity contribution is 6.01. The van der Waals surface area contributed by atoms with Gasteiger partial charge in [0.15, 0.2) is 0 Å². The number of amides is 2. The third-order valence-electron chi connectivity index (χ3n) is 4.00. The molecule has 0 saturated carbocycles. The molecule has 3 rings (SSSR count). The average Bonchev–Trinajstić information content (AvgIpc) is 3.06. The molecule has 8 heteroatoms. The summed E-state index contributed by atoms with van der Waals surface area (Å²) in [6.07, 6.45) is -0.457. The summed E-state index contributed by atoms with van der Waals surface area (Å²) >= 11 is 0. The largest absolute Gasteiger partial charge is 0.433 e. The Labute approximate surface area is 153 Å². The van der Waals surface area contributed by atoms with Gasteiger partial charge in [0.2, 0.25) is 11.8 Å². The van der Waals surface area contributed by atoms with Crippen molar-refractivity contribution in [2.45, 2.75) is 19.0 Å². The van der Waals surface area contributed by atoms with E-state index in [1.165, 1.54) is 24.3 Å². The second-order valence-corrected chi connectivity index (χ2v) is 5.97. The van der Waals surface area contributed by atoms with E-state index in [-0.39, 0.29) is 11.7 Å². The van der Waals surface area contributed by atoms with Crippen LogP contribution in [0.25, 0.3) is 6.08 Å². The first kappa shape index (κ1) is 18.6. The van der Waals surface area contributed by atoms with Crippen LogP contribution in [0.4, 0.5) is 24.7 Å². The van der Waals surface area contributed by atoms with Crippen LogP contribution >= 0.6 is 0 Å². The van der Waals surface area contributed by atoms with Crippen molar-refractivity contribution >= 4 is 29.4 Å². The summed E-state index contributed by atoms with van der Waals surface area (Å²) in [5.74, 6) is -0.686. The molecule has 1 saturated heterocycles. The van der Waals surface area contributed by atoms with E-state index in [9.17, 15) is 22.8 Å². The van der Waals surface area contributed by atoms with Crippen LogP contribution < -0.4 is 10.2 Å². The number of carbonyl (C=O) groups excluding carboxylic acids is 2. The number of hydrogen-bond acceptors (Lipinski definition) is 3. The molecule has 0 aliphatic carbocycles. The number of alkyl halides is 3. The minimum Gasteiger partial charge on any atom is -0.312 e. The standard InChI is InChI=1S/C19H16F3N3O2/c20-19(21,22)15-3-1-4-16(23-15)24-17(26)11-8-13-6-9-14(10-7-13)25-12-2-5-18(25)27/h1,3-4,6-11H,2,5,12H2,(H,23,24,26)/b11-8+. The third kappa shape index (κ3) is 4.72. The van der Waals surface area contributed by atoms with Crippen molar-refractivity contribution in [3.63, 3.8) is 0 Å². The number of carbonyl (C=O) groups is 2. The summed E-state index contributed by atoms with van der Waals surface area (Å²) < 4.78 is 37.9. The van der Waals surface area contributed by atoms with E-state index >= 15 is 0 Å². The smallest absolute Gasteiger partial charge is 0.312 e. The summed E-state index contributed by atoms with van der Waals surface area (Å²) in [7, 11) is 0. The summed E-state index contributed by atoms with van der Waals surface area (Å²) in [5.41, 5.74) is 0.446. The Hall–Kier alpha value is -3.16. The zero-order chi connectivity index (χ0) is 19.4. The second-order valence-electron chi connectivity index (χ2n) is 5.97. The van der Waals surface area contributed by atoms with Crippen LogP contribution in [0.15, 0.2) is 48.5 Å². The molecule has 2 aromatic rings. The Morgan fingerprint density at radius 1 is 1.15 bits per heavy atom. The molecular weight excluding hydrogens is 359 g/mol. The molecule has 2 amide bonds. The second kappa shape index (κ2) is 7.61. The molecule has 1 aliphatic heterocycles. The van der Waals surface area contributed by atoms with E-state index in [1.54, 1.807) is 29.2 Å². The van der Waals surface area contributed by atoms with Crippen LogP contribution in [-0.2, 0) is 15.8 Å². The molecule has 140 valence electrons. The highest BCUT2D eigenvalue weighted by Gasteiger charge is 2.32. The predicted molar refractivity (Wildman–Crippen MR) is 94.9 cm³/mol. The lowest BCUT2D eigenvalue weighted by Crippen LogP contribution is -2.23. The number of benzene rings is 1. The molecule has 1 N–H and O–H groups in total. The third-order valence-corrected chi connectivity index (χ3v) is 4.00. The highest BCUT2D eigenvalue weighted by atomic mass is 19.4. The fourth-order valence-electron chi connectivity index (χ4n) is 2.69. The van der Waals surface area contributed by atoms with Crippen LogP contribution in [-0.4, -0.2) is 23.3 Å². The molecular formula is C19H16F3N3O2. The molecule has 2 heterocycles. The van der Waals surface area contributed by atoms with Crippen molar-refractivity contribution in [2.75, 3.05) is 16.8 Å². The molecule has 0 atom stereocenters. The van der Waals surface area contributed by atoms with Gasteiger partial charge in [-0.05, 0) is 42.3 Å². The number of pyridine rings is 1. The molecule has 0 unspecified atom stereocenters. The van der Waals surface area contributed by atoms with Gasteiger partial charge < -0.3 is 10.2 Å². The van der Waals surface area contributed by atoms with Crippen molar-refractivity contribution in [1.29, 1.82) is 0 Å². The van der Waals surface area contributed by atoms with E-state index in [4.69, 9.17) is 0 Å². The van der Waals surface area contributed by atoms with Crippen molar-refractivity contribution < 1.29 is 22.8 Å². The number of halogens is 3. The first-order chi connectivity index (χ1) is 12.8. The Balaban J connectivity index is 1.62. The lowest BCUT2D eigenvalue weighted by atomic mass is 10.2. The van der Waals surface area contributed by atoms with E-state index in [0.29, 0.717) is 13.0 Å². The van der Waals surface area contributed by atoms with E-state index in [1.807, 2.05) is 0 Å². The Morgan fingerprint density at radius 2 is 1.89 bits per heavy atom. The van der Waals surface area contributed by atoms with Crippen molar-refractivity contribution in [3.05, 3.63) is 59.8 Å². The minimum atomic E-state index is -4.57. The summed E-state index contributed by atoms with van der Waals surface area (Å²) in [5, 5.41) is 2.30. The number of nitrogens with zero attached hydrogens (tertiary/aromatic N) is 2. The minimum absolute atomic E-state index is 0.0891. The normalized spacial score (nSPS) is 14.8. The van der Waals surface area contributed by atoms with Crippen molar-refractivity contribution in [3.8, 4) is 0 Å². The summed E-state index contributed by atoms with van der Waals surface area (Å²) in [6.45, 7) is 0.695. The molecule has 0 radical (unpaired) electrons. The lowest BCUT2D eigenvalue weighted by molar-refractivity contribution is -0.141. The predicted octanol–water partition coefficient (Wildman–Crippen LogP) is 3.88. The van der Waals surface area contributed by atoms with Crippen molar-refractivity contribution in [2.24, 2.45) is 0 Å². The Bertz CT molecular complexity index is 877. The number of nitrogens with one attached hydrogen (secondary N) is 1. The SMILES string of the molecule is O=C(/C=C/c1ccc(N2CCCC2=O)cc1)Nc1cccc(C(F)(F)F)n1. The van der Waals surface area contributed by atoms with Gasteiger partial charge in [0.05, 0.1) is 0 Å². The van der Waals surface area contributed by atoms with Gasteiger partial charge in [0, 0.05) is 24.7 Å². The summed E-state index contributed by atoms with van der Waals surface area (Å²) in [4.78, 5) is 28.7.